The van der Waals surface area contributed by atoms with Crippen molar-refractivity contribution >= 4 is 17.7 Å². The molecule has 92 valence electrons. The number of guanidine groups is 1. The smallest absolute Gasteiger partial charge is 0.191 e. The van der Waals surface area contributed by atoms with E-state index in [1.807, 2.05) is 11.8 Å². The highest BCUT2D eigenvalue weighted by Crippen LogP contribution is 2.08. The van der Waals surface area contributed by atoms with Crippen LogP contribution in [0.5, 0.6) is 0 Å². The second-order valence-corrected chi connectivity index (χ2v) is 5.01. The van der Waals surface area contributed by atoms with Gasteiger partial charge in [-0.3, -0.25) is 15.0 Å². The summed E-state index contributed by atoms with van der Waals surface area (Å²) in [6, 6.07) is 0. The SMILES string of the molecule is NC(=NCCc1cnccn1)N1CCSCC1. The third-order valence-electron chi connectivity index (χ3n) is 2.59. The summed E-state index contributed by atoms with van der Waals surface area (Å²) in [6.45, 7) is 2.68. The molecule has 1 fully saturated rings. The molecule has 0 aromatic carbocycles. The fraction of sp³-hybridized carbons (Fsp3) is 0.545. The Hall–Kier alpha value is -1.30. The largest absolute Gasteiger partial charge is 0.370 e. The van der Waals surface area contributed by atoms with Crippen LogP contribution in [0, 0.1) is 0 Å². The van der Waals surface area contributed by atoms with Gasteiger partial charge in [0.15, 0.2) is 5.96 Å². The van der Waals surface area contributed by atoms with Crippen molar-refractivity contribution in [1.82, 2.24) is 14.9 Å². The van der Waals surface area contributed by atoms with E-state index in [0.29, 0.717) is 12.5 Å². The van der Waals surface area contributed by atoms with Gasteiger partial charge in [-0.1, -0.05) is 0 Å². The molecule has 1 aromatic rings. The van der Waals surface area contributed by atoms with Gasteiger partial charge in [-0.2, -0.15) is 11.8 Å². The van der Waals surface area contributed by atoms with E-state index in [-0.39, 0.29) is 0 Å². The summed E-state index contributed by atoms with van der Waals surface area (Å²) in [5.41, 5.74) is 6.90. The number of thioether (sulfide) groups is 1. The highest BCUT2D eigenvalue weighted by Gasteiger charge is 2.11. The van der Waals surface area contributed by atoms with Crippen molar-refractivity contribution < 1.29 is 0 Å². The topological polar surface area (TPSA) is 67.4 Å². The van der Waals surface area contributed by atoms with Gasteiger partial charge in [-0.05, 0) is 0 Å². The van der Waals surface area contributed by atoms with Gasteiger partial charge in [-0.25, -0.2) is 0 Å². The normalized spacial score (nSPS) is 17.2. The van der Waals surface area contributed by atoms with Crippen molar-refractivity contribution in [3.8, 4) is 0 Å². The molecular formula is C11H17N5S. The van der Waals surface area contributed by atoms with Crippen LogP contribution in [0.4, 0.5) is 0 Å². The minimum atomic E-state index is 0.661. The van der Waals surface area contributed by atoms with Crippen molar-refractivity contribution in [3.63, 3.8) is 0 Å². The number of hydrogen-bond acceptors (Lipinski definition) is 4. The van der Waals surface area contributed by atoms with E-state index in [1.54, 1.807) is 18.6 Å². The Morgan fingerprint density at radius 2 is 2.24 bits per heavy atom. The molecule has 0 amide bonds. The molecule has 0 spiro atoms. The molecule has 1 aliphatic rings. The first-order valence-corrected chi connectivity index (χ1v) is 6.89. The third-order valence-corrected chi connectivity index (χ3v) is 3.54. The van der Waals surface area contributed by atoms with Crippen LogP contribution in [0.25, 0.3) is 0 Å². The van der Waals surface area contributed by atoms with Crippen LogP contribution >= 0.6 is 11.8 Å². The maximum absolute atomic E-state index is 5.94. The van der Waals surface area contributed by atoms with Crippen LogP contribution in [0.1, 0.15) is 5.69 Å². The molecule has 6 heteroatoms. The summed E-state index contributed by atoms with van der Waals surface area (Å²) in [6.07, 6.45) is 5.93. The molecule has 1 aliphatic heterocycles. The van der Waals surface area contributed by atoms with Gasteiger partial charge in [0.25, 0.3) is 0 Å². The third kappa shape index (κ3) is 3.89. The van der Waals surface area contributed by atoms with Gasteiger partial charge in [0.1, 0.15) is 0 Å². The molecule has 2 heterocycles. The molecule has 0 aliphatic carbocycles. The zero-order valence-electron chi connectivity index (χ0n) is 9.75. The van der Waals surface area contributed by atoms with Crippen LogP contribution < -0.4 is 5.73 Å². The molecule has 0 unspecified atom stereocenters. The molecule has 0 radical (unpaired) electrons. The molecule has 2 N–H and O–H groups in total. The number of aromatic nitrogens is 2. The van der Waals surface area contributed by atoms with E-state index in [4.69, 9.17) is 5.73 Å². The number of hydrogen-bond donors (Lipinski definition) is 1. The molecule has 1 saturated heterocycles. The van der Waals surface area contributed by atoms with Gasteiger partial charge in [0.2, 0.25) is 0 Å². The molecule has 2 rings (SSSR count). The van der Waals surface area contributed by atoms with Crippen LogP contribution in [0.15, 0.2) is 23.6 Å². The predicted octanol–water partition coefficient (Wildman–Crippen LogP) is 0.383. The van der Waals surface area contributed by atoms with Crippen LogP contribution in [0.2, 0.25) is 0 Å². The summed E-state index contributed by atoms with van der Waals surface area (Å²) in [5.74, 6) is 2.94. The summed E-state index contributed by atoms with van der Waals surface area (Å²) in [7, 11) is 0. The Bertz CT molecular complexity index is 361. The van der Waals surface area contributed by atoms with Gasteiger partial charge in [-0.15, -0.1) is 0 Å². The van der Waals surface area contributed by atoms with Gasteiger partial charge >= 0.3 is 0 Å². The molecular weight excluding hydrogens is 234 g/mol. The van der Waals surface area contributed by atoms with E-state index in [9.17, 15) is 0 Å². The average Bonchev–Trinajstić information content (AvgIpc) is 2.41. The van der Waals surface area contributed by atoms with E-state index in [1.165, 1.54) is 0 Å². The van der Waals surface area contributed by atoms with E-state index < -0.39 is 0 Å². The summed E-state index contributed by atoms with van der Waals surface area (Å²) in [4.78, 5) is 14.7. The standard InChI is InChI=1S/C11H17N5S/c12-11(16-5-7-17-8-6-16)15-2-1-10-9-13-3-4-14-10/h3-4,9H,1-2,5-8H2,(H2,12,15). The number of nitrogens with zero attached hydrogens (tertiary/aromatic N) is 4. The average molecular weight is 251 g/mol. The lowest BCUT2D eigenvalue weighted by Crippen LogP contribution is -2.42. The van der Waals surface area contributed by atoms with Crippen molar-refractivity contribution in [3.05, 3.63) is 24.3 Å². The quantitative estimate of drug-likeness (QED) is 0.621. The predicted molar refractivity (Wildman–Crippen MR) is 71.1 cm³/mol. The Labute approximate surface area is 106 Å². The summed E-state index contributed by atoms with van der Waals surface area (Å²) in [5, 5.41) is 0. The van der Waals surface area contributed by atoms with E-state index >= 15 is 0 Å². The number of nitrogens with two attached hydrogens (primary N) is 1. The first-order valence-electron chi connectivity index (χ1n) is 5.74. The van der Waals surface area contributed by atoms with Crippen molar-refractivity contribution in [2.45, 2.75) is 6.42 Å². The fourth-order valence-corrected chi connectivity index (χ4v) is 2.54. The number of rotatable bonds is 3. The summed E-state index contributed by atoms with van der Waals surface area (Å²) < 4.78 is 0. The second-order valence-electron chi connectivity index (χ2n) is 3.79. The first-order chi connectivity index (χ1) is 8.36. The lowest BCUT2D eigenvalue weighted by molar-refractivity contribution is 0.456. The maximum atomic E-state index is 5.94. The maximum Gasteiger partial charge on any atom is 0.191 e. The van der Waals surface area contributed by atoms with Crippen LogP contribution in [-0.2, 0) is 6.42 Å². The van der Waals surface area contributed by atoms with Crippen molar-refractivity contribution in [2.75, 3.05) is 31.1 Å². The Kier molecular flexibility index (Phi) is 4.61. The van der Waals surface area contributed by atoms with Crippen LogP contribution in [-0.4, -0.2) is 52.0 Å². The molecule has 0 atom stereocenters. The minimum absolute atomic E-state index is 0.661. The van der Waals surface area contributed by atoms with E-state index in [0.717, 1.165) is 36.7 Å². The molecule has 0 bridgehead atoms. The molecule has 17 heavy (non-hydrogen) atoms. The van der Waals surface area contributed by atoms with Gasteiger partial charge in [0.05, 0.1) is 5.69 Å². The lowest BCUT2D eigenvalue weighted by Gasteiger charge is -2.27. The summed E-state index contributed by atoms with van der Waals surface area (Å²) >= 11 is 1.97. The zero-order valence-corrected chi connectivity index (χ0v) is 10.6. The van der Waals surface area contributed by atoms with Crippen LogP contribution in [0.3, 0.4) is 0 Å². The highest BCUT2D eigenvalue weighted by atomic mass is 32.2. The van der Waals surface area contributed by atoms with Gasteiger partial charge < -0.3 is 10.6 Å². The Morgan fingerprint density at radius 3 is 2.94 bits per heavy atom. The monoisotopic (exact) mass is 251 g/mol. The molecule has 1 aromatic heterocycles. The minimum Gasteiger partial charge on any atom is -0.370 e. The molecule has 5 nitrogen and oxygen atoms in total. The van der Waals surface area contributed by atoms with Gasteiger partial charge in [0, 0.05) is 56.2 Å². The van der Waals surface area contributed by atoms with E-state index in [2.05, 4.69) is 19.9 Å². The molecule has 0 saturated carbocycles. The fourth-order valence-electron chi connectivity index (χ4n) is 1.64. The zero-order chi connectivity index (χ0) is 11.9. The highest BCUT2D eigenvalue weighted by molar-refractivity contribution is 7.99. The second kappa shape index (κ2) is 6.44. The van der Waals surface area contributed by atoms with Crippen molar-refractivity contribution in [2.24, 2.45) is 10.7 Å². The van der Waals surface area contributed by atoms with Crippen molar-refractivity contribution in [1.29, 1.82) is 0 Å². The Morgan fingerprint density at radius 1 is 1.41 bits per heavy atom. The Balaban J connectivity index is 1.79. The first kappa shape index (κ1) is 12.2. The number of aliphatic imine (C=N–C) groups is 1. The lowest BCUT2D eigenvalue weighted by atomic mass is 10.3.